The summed E-state index contributed by atoms with van der Waals surface area (Å²) >= 11 is 6.08. The molecule has 7 heteroatoms. The number of nitrogens with one attached hydrogen (secondary N) is 1. The van der Waals surface area contributed by atoms with E-state index in [9.17, 15) is 4.79 Å². The first-order valence-electron chi connectivity index (χ1n) is 9.26. The van der Waals surface area contributed by atoms with Crippen LogP contribution in [0.4, 0.5) is 5.69 Å². The molecular weight excluding hydrogens is 378 g/mol. The number of amides is 1. The Balaban J connectivity index is 1.45. The standard InChI is InChI=1S/C21H24ClN3O3/c1-16(21(26)23-15-18-4-2-3-5-20(18)22)28-24-14-17-6-8-19(9-7-17)25-10-12-27-13-11-25/h2-9,14,16H,10-13,15H2,1H3,(H,23,26)/b24-14+. The van der Waals surface area contributed by atoms with Gasteiger partial charge in [0.15, 0.2) is 0 Å². The zero-order valence-corrected chi connectivity index (χ0v) is 16.6. The van der Waals surface area contributed by atoms with E-state index in [0.29, 0.717) is 11.6 Å². The molecule has 1 atom stereocenters. The average Bonchev–Trinajstić information content (AvgIpc) is 2.74. The predicted molar refractivity (Wildman–Crippen MR) is 111 cm³/mol. The van der Waals surface area contributed by atoms with Gasteiger partial charge in [0.25, 0.3) is 5.91 Å². The van der Waals surface area contributed by atoms with Crippen molar-refractivity contribution in [3.05, 3.63) is 64.7 Å². The monoisotopic (exact) mass is 401 g/mol. The van der Waals surface area contributed by atoms with Gasteiger partial charge in [-0.25, -0.2) is 0 Å². The summed E-state index contributed by atoms with van der Waals surface area (Å²) in [5, 5.41) is 7.35. The number of ether oxygens (including phenoxy) is 1. The fourth-order valence-electron chi connectivity index (χ4n) is 2.79. The lowest BCUT2D eigenvalue weighted by atomic mass is 10.2. The molecule has 1 saturated heterocycles. The van der Waals surface area contributed by atoms with Crippen LogP contribution in [-0.2, 0) is 20.9 Å². The van der Waals surface area contributed by atoms with E-state index in [0.717, 1.165) is 43.1 Å². The summed E-state index contributed by atoms with van der Waals surface area (Å²) in [4.78, 5) is 19.7. The van der Waals surface area contributed by atoms with E-state index in [2.05, 4.69) is 15.4 Å². The van der Waals surface area contributed by atoms with E-state index in [-0.39, 0.29) is 5.91 Å². The number of nitrogens with zero attached hydrogens (tertiary/aromatic N) is 2. The third kappa shape index (κ3) is 5.71. The minimum atomic E-state index is -0.702. The van der Waals surface area contributed by atoms with Crippen LogP contribution < -0.4 is 10.2 Å². The van der Waals surface area contributed by atoms with Crippen molar-refractivity contribution in [2.45, 2.75) is 19.6 Å². The molecule has 2 aromatic carbocycles. The van der Waals surface area contributed by atoms with E-state index in [1.807, 2.05) is 42.5 Å². The Morgan fingerprint density at radius 3 is 2.68 bits per heavy atom. The van der Waals surface area contributed by atoms with Crippen LogP contribution in [0.1, 0.15) is 18.1 Å². The Morgan fingerprint density at radius 1 is 1.25 bits per heavy atom. The molecule has 1 fully saturated rings. The number of hydrogen-bond donors (Lipinski definition) is 1. The summed E-state index contributed by atoms with van der Waals surface area (Å²) in [5.41, 5.74) is 2.92. The molecule has 0 spiro atoms. The number of benzene rings is 2. The van der Waals surface area contributed by atoms with Gasteiger partial charge in [-0.1, -0.05) is 47.1 Å². The molecule has 1 aliphatic heterocycles. The number of carbonyl (C=O) groups is 1. The molecule has 1 aliphatic rings. The highest BCUT2D eigenvalue weighted by molar-refractivity contribution is 6.31. The zero-order valence-electron chi connectivity index (χ0n) is 15.8. The molecule has 1 heterocycles. The van der Waals surface area contributed by atoms with Crippen LogP contribution in [0.15, 0.2) is 53.7 Å². The Bertz CT molecular complexity index is 805. The SMILES string of the molecule is CC(O/N=C/c1ccc(N2CCOCC2)cc1)C(=O)NCc1ccccc1Cl. The molecule has 0 bridgehead atoms. The lowest BCUT2D eigenvalue weighted by Crippen LogP contribution is -2.36. The van der Waals surface area contributed by atoms with E-state index in [1.54, 1.807) is 19.2 Å². The number of hydrogen-bond acceptors (Lipinski definition) is 5. The van der Waals surface area contributed by atoms with Gasteiger partial charge in [-0.3, -0.25) is 4.79 Å². The number of oxime groups is 1. The van der Waals surface area contributed by atoms with Gasteiger partial charge in [0.1, 0.15) is 0 Å². The number of anilines is 1. The highest BCUT2D eigenvalue weighted by Crippen LogP contribution is 2.16. The number of carbonyl (C=O) groups excluding carboxylic acids is 1. The Labute approximate surface area is 170 Å². The molecule has 1 unspecified atom stereocenters. The minimum Gasteiger partial charge on any atom is -0.383 e. The van der Waals surface area contributed by atoms with Gasteiger partial charge in [0.2, 0.25) is 6.10 Å². The molecular formula is C21H24ClN3O3. The van der Waals surface area contributed by atoms with Crippen LogP contribution in [-0.4, -0.2) is 44.5 Å². The van der Waals surface area contributed by atoms with Crippen molar-refractivity contribution in [3.63, 3.8) is 0 Å². The first-order chi connectivity index (χ1) is 13.6. The third-order valence-corrected chi connectivity index (χ3v) is 4.84. The summed E-state index contributed by atoms with van der Waals surface area (Å²) < 4.78 is 5.37. The lowest BCUT2D eigenvalue weighted by molar-refractivity contribution is -0.131. The molecule has 6 nitrogen and oxygen atoms in total. The number of halogens is 1. The summed E-state index contributed by atoms with van der Waals surface area (Å²) in [6, 6.07) is 15.4. The maximum absolute atomic E-state index is 12.1. The summed E-state index contributed by atoms with van der Waals surface area (Å²) in [6.45, 7) is 5.31. The molecule has 2 aromatic rings. The Kier molecular flexibility index (Phi) is 7.28. The van der Waals surface area contributed by atoms with Crippen molar-refractivity contribution < 1.29 is 14.4 Å². The van der Waals surface area contributed by atoms with Gasteiger partial charge in [-0.15, -0.1) is 0 Å². The van der Waals surface area contributed by atoms with Gasteiger partial charge >= 0.3 is 0 Å². The molecule has 1 amide bonds. The quantitative estimate of drug-likeness (QED) is 0.571. The second-order valence-electron chi connectivity index (χ2n) is 6.48. The highest BCUT2D eigenvalue weighted by Gasteiger charge is 2.14. The molecule has 0 saturated carbocycles. The van der Waals surface area contributed by atoms with Crippen molar-refractivity contribution in [1.29, 1.82) is 0 Å². The van der Waals surface area contributed by atoms with Crippen molar-refractivity contribution >= 4 is 29.4 Å². The second-order valence-corrected chi connectivity index (χ2v) is 6.89. The molecule has 3 rings (SSSR count). The molecule has 0 aliphatic carbocycles. The van der Waals surface area contributed by atoms with Gasteiger partial charge in [-0.2, -0.15) is 0 Å². The van der Waals surface area contributed by atoms with Crippen LogP contribution in [0.2, 0.25) is 5.02 Å². The molecule has 0 radical (unpaired) electrons. The van der Waals surface area contributed by atoms with Crippen LogP contribution >= 0.6 is 11.6 Å². The highest BCUT2D eigenvalue weighted by atomic mass is 35.5. The van der Waals surface area contributed by atoms with E-state index in [4.69, 9.17) is 21.2 Å². The molecule has 0 aromatic heterocycles. The van der Waals surface area contributed by atoms with Crippen LogP contribution in [0.3, 0.4) is 0 Å². The van der Waals surface area contributed by atoms with Gasteiger partial charge in [-0.05, 0) is 36.2 Å². The van der Waals surface area contributed by atoms with Crippen molar-refractivity contribution in [1.82, 2.24) is 5.32 Å². The minimum absolute atomic E-state index is 0.250. The first kappa shape index (κ1) is 20.2. The van der Waals surface area contributed by atoms with Crippen LogP contribution in [0, 0.1) is 0 Å². The summed E-state index contributed by atoms with van der Waals surface area (Å²) in [7, 11) is 0. The summed E-state index contributed by atoms with van der Waals surface area (Å²) in [5.74, 6) is -0.250. The second kappa shape index (κ2) is 10.1. The molecule has 148 valence electrons. The fourth-order valence-corrected chi connectivity index (χ4v) is 2.99. The predicted octanol–water partition coefficient (Wildman–Crippen LogP) is 3.23. The van der Waals surface area contributed by atoms with Crippen molar-refractivity contribution in [2.24, 2.45) is 5.16 Å². The molecule has 28 heavy (non-hydrogen) atoms. The molecule has 1 N–H and O–H groups in total. The normalized spacial score (nSPS) is 15.4. The smallest absolute Gasteiger partial charge is 0.263 e. The maximum Gasteiger partial charge on any atom is 0.263 e. The zero-order chi connectivity index (χ0) is 19.8. The third-order valence-electron chi connectivity index (χ3n) is 4.47. The van der Waals surface area contributed by atoms with Crippen LogP contribution in [0.5, 0.6) is 0 Å². The maximum atomic E-state index is 12.1. The average molecular weight is 402 g/mol. The van der Waals surface area contributed by atoms with E-state index in [1.165, 1.54) is 0 Å². The number of rotatable bonds is 7. The first-order valence-corrected chi connectivity index (χ1v) is 9.64. The lowest BCUT2D eigenvalue weighted by Gasteiger charge is -2.28. The fraction of sp³-hybridized carbons (Fsp3) is 0.333. The van der Waals surface area contributed by atoms with Crippen molar-refractivity contribution in [2.75, 3.05) is 31.2 Å². The summed E-state index contributed by atoms with van der Waals surface area (Å²) in [6.07, 6.45) is 0.896. The Morgan fingerprint density at radius 2 is 1.96 bits per heavy atom. The van der Waals surface area contributed by atoms with Gasteiger partial charge in [0.05, 0.1) is 19.4 Å². The van der Waals surface area contributed by atoms with Crippen LogP contribution in [0.25, 0.3) is 0 Å². The largest absolute Gasteiger partial charge is 0.383 e. The van der Waals surface area contributed by atoms with Gasteiger partial charge < -0.3 is 19.8 Å². The Hall–Kier alpha value is -2.57. The van der Waals surface area contributed by atoms with E-state index >= 15 is 0 Å². The number of morpholine rings is 1. The van der Waals surface area contributed by atoms with E-state index < -0.39 is 6.10 Å². The topological polar surface area (TPSA) is 63.2 Å². The van der Waals surface area contributed by atoms with Gasteiger partial charge in [0, 0.05) is 30.3 Å². The van der Waals surface area contributed by atoms with Crippen molar-refractivity contribution in [3.8, 4) is 0 Å².